The Hall–Kier alpha value is -2.41. The molecule has 0 spiro atoms. The predicted molar refractivity (Wildman–Crippen MR) is 80.9 cm³/mol. The maximum Gasteiger partial charge on any atom is 0.259 e. The SMILES string of the molecule is O=C(CNC(=O)c1cccc(Br)c1)N/N=C/c1ccco1. The van der Waals surface area contributed by atoms with Crippen molar-refractivity contribution >= 4 is 34.0 Å². The lowest BCUT2D eigenvalue weighted by atomic mass is 10.2. The molecule has 1 aromatic carbocycles. The van der Waals surface area contributed by atoms with Gasteiger partial charge >= 0.3 is 0 Å². The van der Waals surface area contributed by atoms with Crippen LogP contribution in [0.3, 0.4) is 0 Å². The Morgan fingerprint density at radius 3 is 2.86 bits per heavy atom. The highest BCUT2D eigenvalue weighted by Crippen LogP contribution is 2.11. The van der Waals surface area contributed by atoms with Crippen molar-refractivity contribution in [3.05, 3.63) is 58.5 Å². The lowest BCUT2D eigenvalue weighted by Crippen LogP contribution is -2.34. The molecule has 2 aromatic rings. The first-order valence-electron chi connectivity index (χ1n) is 6.04. The minimum Gasteiger partial charge on any atom is -0.463 e. The molecule has 0 aliphatic heterocycles. The van der Waals surface area contributed by atoms with Gasteiger partial charge in [-0.3, -0.25) is 9.59 Å². The van der Waals surface area contributed by atoms with Gasteiger partial charge in [-0.25, -0.2) is 5.43 Å². The summed E-state index contributed by atoms with van der Waals surface area (Å²) in [7, 11) is 0. The van der Waals surface area contributed by atoms with Gasteiger partial charge in [0.25, 0.3) is 11.8 Å². The van der Waals surface area contributed by atoms with Crippen LogP contribution in [0.15, 0.2) is 56.7 Å². The van der Waals surface area contributed by atoms with Crippen LogP contribution < -0.4 is 10.7 Å². The van der Waals surface area contributed by atoms with Gasteiger partial charge in [0.2, 0.25) is 0 Å². The van der Waals surface area contributed by atoms with E-state index in [1.165, 1.54) is 12.5 Å². The van der Waals surface area contributed by atoms with E-state index in [1.807, 2.05) is 6.07 Å². The Labute approximate surface area is 129 Å². The molecule has 0 radical (unpaired) electrons. The molecule has 0 aliphatic carbocycles. The van der Waals surface area contributed by atoms with Crippen LogP contribution in [0.5, 0.6) is 0 Å². The Morgan fingerprint density at radius 2 is 2.14 bits per heavy atom. The van der Waals surface area contributed by atoms with Gasteiger partial charge in [-0.2, -0.15) is 5.10 Å². The van der Waals surface area contributed by atoms with E-state index >= 15 is 0 Å². The van der Waals surface area contributed by atoms with Crippen molar-refractivity contribution in [2.45, 2.75) is 0 Å². The van der Waals surface area contributed by atoms with E-state index in [1.54, 1.807) is 30.3 Å². The molecule has 0 saturated heterocycles. The van der Waals surface area contributed by atoms with Gasteiger partial charge in [-0.1, -0.05) is 22.0 Å². The molecule has 2 rings (SSSR count). The first-order valence-corrected chi connectivity index (χ1v) is 6.83. The van der Waals surface area contributed by atoms with E-state index in [-0.39, 0.29) is 12.5 Å². The standard InChI is InChI=1S/C14H12BrN3O3/c15-11-4-1-3-10(7-11)14(20)16-9-13(19)18-17-8-12-5-2-6-21-12/h1-8H,9H2,(H,16,20)(H,18,19)/b17-8+. The summed E-state index contributed by atoms with van der Waals surface area (Å²) in [6.45, 7) is -0.166. The van der Waals surface area contributed by atoms with Crippen molar-refractivity contribution < 1.29 is 14.0 Å². The molecule has 0 saturated carbocycles. The molecule has 1 heterocycles. The summed E-state index contributed by atoms with van der Waals surface area (Å²) in [5.41, 5.74) is 2.75. The van der Waals surface area contributed by atoms with E-state index in [0.29, 0.717) is 11.3 Å². The molecule has 0 unspecified atom stereocenters. The van der Waals surface area contributed by atoms with E-state index in [2.05, 4.69) is 31.8 Å². The molecule has 108 valence electrons. The van der Waals surface area contributed by atoms with E-state index in [4.69, 9.17) is 4.42 Å². The maximum absolute atomic E-state index is 11.8. The summed E-state index contributed by atoms with van der Waals surface area (Å²) in [5, 5.41) is 6.20. The topological polar surface area (TPSA) is 83.7 Å². The quantitative estimate of drug-likeness (QED) is 0.638. The summed E-state index contributed by atoms with van der Waals surface area (Å²) in [4.78, 5) is 23.3. The molecule has 1 aromatic heterocycles. The number of hydrazone groups is 1. The van der Waals surface area contributed by atoms with Crippen LogP contribution in [-0.2, 0) is 4.79 Å². The second-order valence-corrected chi connectivity index (χ2v) is 4.92. The number of furan rings is 1. The van der Waals surface area contributed by atoms with E-state index < -0.39 is 5.91 Å². The summed E-state index contributed by atoms with van der Waals surface area (Å²) in [6.07, 6.45) is 2.87. The number of halogens is 1. The average molecular weight is 350 g/mol. The Balaban J connectivity index is 1.77. The molecule has 0 fully saturated rings. The molecular formula is C14H12BrN3O3. The zero-order valence-electron chi connectivity index (χ0n) is 10.9. The summed E-state index contributed by atoms with van der Waals surface area (Å²) >= 11 is 3.28. The van der Waals surface area contributed by atoms with Crippen molar-refractivity contribution in [1.29, 1.82) is 0 Å². The van der Waals surface area contributed by atoms with Crippen LogP contribution in [0.4, 0.5) is 0 Å². The molecule has 6 nitrogen and oxygen atoms in total. The average Bonchev–Trinajstić information content (AvgIpc) is 2.98. The first kappa shape index (κ1) is 15.0. The van der Waals surface area contributed by atoms with Gasteiger partial charge in [0, 0.05) is 10.0 Å². The maximum atomic E-state index is 11.8. The van der Waals surface area contributed by atoms with Gasteiger partial charge in [0.05, 0.1) is 19.0 Å². The second kappa shape index (κ2) is 7.39. The number of benzene rings is 1. The van der Waals surface area contributed by atoms with Crippen molar-refractivity contribution in [2.75, 3.05) is 6.54 Å². The number of carbonyl (C=O) groups excluding carboxylic acids is 2. The third-order valence-corrected chi connectivity index (χ3v) is 2.91. The van der Waals surface area contributed by atoms with Crippen molar-refractivity contribution in [3.63, 3.8) is 0 Å². The fraction of sp³-hybridized carbons (Fsp3) is 0.0714. The monoisotopic (exact) mass is 349 g/mol. The Bertz CT molecular complexity index is 653. The molecule has 2 amide bonds. The van der Waals surface area contributed by atoms with Crippen LogP contribution in [0.1, 0.15) is 16.1 Å². The second-order valence-electron chi connectivity index (χ2n) is 4.00. The van der Waals surface area contributed by atoms with Gasteiger partial charge in [-0.15, -0.1) is 0 Å². The molecule has 7 heteroatoms. The van der Waals surface area contributed by atoms with Crippen LogP contribution in [0.25, 0.3) is 0 Å². The number of nitrogens with zero attached hydrogens (tertiary/aromatic N) is 1. The highest BCUT2D eigenvalue weighted by molar-refractivity contribution is 9.10. The van der Waals surface area contributed by atoms with Crippen molar-refractivity contribution in [2.24, 2.45) is 5.10 Å². The highest BCUT2D eigenvalue weighted by Gasteiger charge is 2.07. The van der Waals surface area contributed by atoms with Gasteiger partial charge < -0.3 is 9.73 Å². The number of carbonyl (C=O) groups is 2. The molecule has 0 atom stereocenters. The Kier molecular flexibility index (Phi) is 5.28. The normalized spacial score (nSPS) is 10.5. The Morgan fingerprint density at radius 1 is 1.29 bits per heavy atom. The fourth-order valence-electron chi connectivity index (χ4n) is 1.46. The molecule has 2 N–H and O–H groups in total. The minimum atomic E-state index is -0.429. The van der Waals surface area contributed by atoms with Crippen LogP contribution >= 0.6 is 15.9 Å². The third kappa shape index (κ3) is 4.88. The molecule has 21 heavy (non-hydrogen) atoms. The van der Waals surface area contributed by atoms with Crippen LogP contribution in [0.2, 0.25) is 0 Å². The number of rotatable bonds is 5. The number of amides is 2. The van der Waals surface area contributed by atoms with E-state index in [9.17, 15) is 9.59 Å². The minimum absolute atomic E-state index is 0.166. The molecule has 0 aliphatic rings. The zero-order chi connectivity index (χ0) is 15.1. The smallest absolute Gasteiger partial charge is 0.259 e. The fourth-order valence-corrected chi connectivity index (χ4v) is 1.86. The number of hydrogen-bond acceptors (Lipinski definition) is 4. The van der Waals surface area contributed by atoms with Gasteiger partial charge in [0.1, 0.15) is 5.76 Å². The van der Waals surface area contributed by atoms with Crippen molar-refractivity contribution in [1.82, 2.24) is 10.7 Å². The van der Waals surface area contributed by atoms with Gasteiger partial charge in [-0.05, 0) is 30.3 Å². The predicted octanol–water partition coefficient (Wildman–Crippen LogP) is 1.92. The van der Waals surface area contributed by atoms with E-state index in [0.717, 1.165) is 4.47 Å². The lowest BCUT2D eigenvalue weighted by molar-refractivity contribution is -0.120. The lowest BCUT2D eigenvalue weighted by Gasteiger charge is -2.04. The largest absolute Gasteiger partial charge is 0.463 e. The van der Waals surface area contributed by atoms with Crippen LogP contribution in [0, 0.1) is 0 Å². The van der Waals surface area contributed by atoms with Gasteiger partial charge in [0.15, 0.2) is 0 Å². The molecular weight excluding hydrogens is 338 g/mol. The highest BCUT2D eigenvalue weighted by atomic mass is 79.9. The number of hydrogen-bond donors (Lipinski definition) is 2. The first-order chi connectivity index (χ1) is 10.1. The summed E-state index contributed by atoms with van der Waals surface area (Å²) in [5.74, 6) is -0.240. The number of nitrogens with one attached hydrogen (secondary N) is 2. The summed E-state index contributed by atoms with van der Waals surface area (Å²) < 4.78 is 5.80. The van der Waals surface area contributed by atoms with Crippen molar-refractivity contribution in [3.8, 4) is 0 Å². The zero-order valence-corrected chi connectivity index (χ0v) is 12.5. The molecule has 0 bridgehead atoms. The van der Waals surface area contributed by atoms with Crippen LogP contribution in [-0.4, -0.2) is 24.6 Å². The summed E-state index contributed by atoms with van der Waals surface area (Å²) in [6, 6.07) is 10.3. The third-order valence-electron chi connectivity index (χ3n) is 2.42.